The predicted octanol–water partition coefficient (Wildman–Crippen LogP) is 13.6. The molecule has 4 heteroatoms. The second-order valence-corrected chi connectivity index (χ2v) is 13.4. The normalized spacial score (nSPS) is 12.3. The van der Waals surface area contributed by atoms with Crippen LogP contribution in [-0.4, -0.2) is 4.98 Å². The van der Waals surface area contributed by atoms with Crippen molar-refractivity contribution in [2.75, 3.05) is 0 Å². The van der Waals surface area contributed by atoms with E-state index in [-0.39, 0.29) is 0 Å². The van der Waals surface area contributed by atoms with Gasteiger partial charge in [-0.05, 0) is 69.6 Å². The smallest absolute Gasteiger partial charge is 0.161 e. The molecular formula is C47H25NO3. The van der Waals surface area contributed by atoms with Crippen LogP contribution in [0.2, 0.25) is 0 Å². The van der Waals surface area contributed by atoms with Crippen LogP contribution < -0.4 is 0 Å². The Balaban J connectivity index is 1.18. The van der Waals surface area contributed by atoms with Gasteiger partial charge < -0.3 is 13.3 Å². The van der Waals surface area contributed by atoms with E-state index in [2.05, 4.69) is 121 Å². The van der Waals surface area contributed by atoms with Crippen molar-refractivity contribution in [3.8, 4) is 22.4 Å². The lowest BCUT2D eigenvalue weighted by atomic mass is 9.93. The minimum Gasteiger partial charge on any atom is -0.455 e. The third-order valence-corrected chi connectivity index (χ3v) is 10.6. The molecule has 8 aromatic carbocycles. The summed E-state index contributed by atoms with van der Waals surface area (Å²) in [6, 6.07) is 52.9. The Morgan fingerprint density at radius 2 is 1.00 bits per heavy atom. The fourth-order valence-corrected chi connectivity index (χ4v) is 8.35. The molecule has 0 aliphatic heterocycles. The third kappa shape index (κ3) is 3.65. The molecule has 0 aliphatic carbocycles. The van der Waals surface area contributed by atoms with Crippen molar-refractivity contribution in [3.05, 3.63) is 152 Å². The van der Waals surface area contributed by atoms with E-state index in [4.69, 9.17) is 18.2 Å². The van der Waals surface area contributed by atoms with Gasteiger partial charge in [-0.25, -0.2) is 4.98 Å². The van der Waals surface area contributed by atoms with Crippen molar-refractivity contribution >= 4 is 98.3 Å². The van der Waals surface area contributed by atoms with E-state index in [1.807, 2.05) is 30.3 Å². The molecule has 0 atom stereocenters. The van der Waals surface area contributed by atoms with Gasteiger partial charge in [-0.1, -0.05) is 109 Å². The summed E-state index contributed by atoms with van der Waals surface area (Å²) >= 11 is 0. The Labute approximate surface area is 289 Å². The van der Waals surface area contributed by atoms with Gasteiger partial charge in [0.2, 0.25) is 0 Å². The molecule has 0 aliphatic rings. The average molecular weight is 652 g/mol. The molecule has 51 heavy (non-hydrogen) atoms. The SMILES string of the molecule is c1cc(-c2cc3ccccc3c3c2oc2ccc4ccccc4c23)cc(-c2nc3c(ccc4c5ccccc5oc43)c3oc4ccccc4c23)c1. The molecule has 0 fully saturated rings. The van der Waals surface area contributed by atoms with Crippen molar-refractivity contribution in [2.24, 2.45) is 0 Å². The first-order chi connectivity index (χ1) is 25.3. The maximum Gasteiger partial charge on any atom is 0.161 e. The van der Waals surface area contributed by atoms with E-state index in [1.54, 1.807) is 0 Å². The molecule has 12 rings (SSSR count). The fourth-order valence-electron chi connectivity index (χ4n) is 8.35. The molecule has 0 amide bonds. The number of pyridine rings is 1. The molecule has 4 heterocycles. The molecule has 0 N–H and O–H groups in total. The van der Waals surface area contributed by atoms with Crippen molar-refractivity contribution in [1.82, 2.24) is 4.98 Å². The molecule has 0 unspecified atom stereocenters. The van der Waals surface area contributed by atoms with Crippen LogP contribution in [0.25, 0.3) is 121 Å². The van der Waals surface area contributed by atoms with Gasteiger partial charge in [0.25, 0.3) is 0 Å². The zero-order chi connectivity index (χ0) is 33.2. The summed E-state index contributed by atoms with van der Waals surface area (Å²) in [4.78, 5) is 5.46. The number of para-hydroxylation sites is 2. The van der Waals surface area contributed by atoms with E-state index in [1.165, 1.54) is 21.5 Å². The van der Waals surface area contributed by atoms with Gasteiger partial charge in [0.05, 0.1) is 11.1 Å². The van der Waals surface area contributed by atoms with E-state index < -0.39 is 0 Å². The molecule has 12 aromatic rings. The highest BCUT2D eigenvalue weighted by molar-refractivity contribution is 6.29. The summed E-state index contributed by atoms with van der Waals surface area (Å²) < 4.78 is 20.0. The number of benzene rings is 8. The second kappa shape index (κ2) is 9.84. The number of fused-ring (bicyclic) bond motifs is 16. The maximum absolute atomic E-state index is 6.81. The lowest BCUT2D eigenvalue weighted by Gasteiger charge is -2.11. The first-order valence-electron chi connectivity index (χ1n) is 17.2. The zero-order valence-corrected chi connectivity index (χ0v) is 27.1. The van der Waals surface area contributed by atoms with Crippen LogP contribution in [0.15, 0.2) is 165 Å². The lowest BCUT2D eigenvalue weighted by Crippen LogP contribution is -1.90. The number of aromatic nitrogens is 1. The number of rotatable bonds is 2. The summed E-state index contributed by atoms with van der Waals surface area (Å²) in [5.74, 6) is 0. The minimum absolute atomic E-state index is 0.763. The van der Waals surface area contributed by atoms with Crippen molar-refractivity contribution in [3.63, 3.8) is 0 Å². The van der Waals surface area contributed by atoms with E-state index >= 15 is 0 Å². The van der Waals surface area contributed by atoms with Gasteiger partial charge in [0, 0.05) is 43.4 Å². The molecule has 0 saturated heterocycles. The Morgan fingerprint density at radius 1 is 0.353 bits per heavy atom. The van der Waals surface area contributed by atoms with Crippen LogP contribution in [-0.2, 0) is 0 Å². The van der Waals surface area contributed by atoms with E-state index in [0.717, 1.165) is 99.1 Å². The largest absolute Gasteiger partial charge is 0.455 e. The number of nitrogens with zero attached hydrogens (tertiary/aromatic N) is 1. The van der Waals surface area contributed by atoms with Gasteiger partial charge in [0.1, 0.15) is 33.4 Å². The van der Waals surface area contributed by atoms with Crippen LogP contribution >= 0.6 is 0 Å². The summed E-state index contributed by atoms with van der Waals surface area (Å²) in [6.45, 7) is 0. The van der Waals surface area contributed by atoms with Crippen LogP contribution in [0.4, 0.5) is 0 Å². The highest BCUT2D eigenvalue weighted by Crippen LogP contribution is 2.46. The van der Waals surface area contributed by atoms with Crippen molar-refractivity contribution in [2.45, 2.75) is 0 Å². The molecule has 0 bridgehead atoms. The van der Waals surface area contributed by atoms with Crippen LogP contribution in [0, 0.1) is 0 Å². The first-order valence-corrected chi connectivity index (χ1v) is 17.2. The highest BCUT2D eigenvalue weighted by atomic mass is 16.3. The molecule has 236 valence electrons. The topological polar surface area (TPSA) is 52.3 Å². The monoisotopic (exact) mass is 651 g/mol. The molecule has 4 aromatic heterocycles. The van der Waals surface area contributed by atoms with Gasteiger partial charge >= 0.3 is 0 Å². The van der Waals surface area contributed by atoms with Crippen LogP contribution in [0.5, 0.6) is 0 Å². The highest BCUT2D eigenvalue weighted by Gasteiger charge is 2.23. The Kier molecular flexibility index (Phi) is 5.20. The van der Waals surface area contributed by atoms with Gasteiger partial charge in [-0.2, -0.15) is 0 Å². The predicted molar refractivity (Wildman–Crippen MR) is 209 cm³/mol. The van der Waals surface area contributed by atoms with Gasteiger partial charge in [-0.15, -0.1) is 0 Å². The summed E-state index contributed by atoms with van der Waals surface area (Å²) in [6.07, 6.45) is 0. The van der Waals surface area contributed by atoms with Crippen LogP contribution in [0.1, 0.15) is 0 Å². The molecule has 0 radical (unpaired) electrons. The molecule has 0 spiro atoms. The standard InChI is InChI=1S/C47H25NO3/c1-3-14-30-26(10-1)20-23-39-40(30)41-31-15-4-2-11-28(31)25-36(46(41)51-39)27-12-9-13-29(24-27)43-42-34-17-6-8-19-38(34)49-45(42)35-22-21-33-32-16-5-7-18-37(32)50-47(33)44(35)48-43/h1-25H. The van der Waals surface area contributed by atoms with E-state index in [0.29, 0.717) is 0 Å². The Morgan fingerprint density at radius 3 is 1.86 bits per heavy atom. The van der Waals surface area contributed by atoms with Gasteiger partial charge in [-0.3, -0.25) is 0 Å². The average Bonchev–Trinajstić information content (AvgIpc) is 3.90. The molecule has 0 saturated carbocycles. The van der Waals surface area contributed by atoms with Gasteiger partial charge in [0.15, 0.2) is 5.58 Å². The lowest BCUT2D eigenvalue weighted by molar-refractivity contribution is 0.668. The number of hydrogen-bond acceptors (Lipinski definition) is 4. The van der Waals surface area contributed by atoms with Crippen molar-refractivity contribution < 1.29 is 13.3 Å². The first kappa shape index (κ1) is 27.0. The van der Waals surface area contributed by atoms with E-state index in [9.17, 15) is 0 Å². The third-order valence-electron chi connectivity index (χ3n) is 10.6. The number of furan rings is 3. The number of hydrogen-bond donors (Lipinski definition) is 0. The second-order valence-electron chi connectivity index (χ2n) is 13.4. The summed E-state index contributed by atoms with van der Waals surface area (Å²) in [7, 11) is 0. The van der Waals surface area contributed by atoms with Crippen LogP contribution in [0.3, 0.4) is 0 Å². The zero-order valence-electron chi connectivity index (χ0n) is 27.1. The summed E-state index contributed by atoms with van der Waals surface area (Å²) in [5, 5.41) is 12.1. The quantitative estimate of drug-likeness (QED) is 0.187. The molecular weight excluding hydrogens is 627 g/mol. The fraction of sp³-hybridized carbons (Fsp3) is 0. The van der Waals surface area contributed by atoms with Crippen molar-refractivity contribution in [1.29, 1.82) is 0 Å². The summed E-state index contributed by atoms with van der Waals surface area (Å²) in [5.41, 5.74) is 9.72. The molecule has 4 nitrogen and oxygen atoms in total. The Bertz CT molecular complexity index is 3430. The maximum atomic E-state index is 6.81. The Hall–Kier alpha value is -6.91. The minimum atomic E-state index is 0.763.